The summed E-state index contributed by atoms with van der Waals surface area (Å²) < 4.78 is 0. The number of amides is 6. The third-order valence-corrected chi connectivity index (χ3v) is 7.56. The fourth-order valence-electron chi connectivity index (χ4n) is 4.96. The zero-order valence-corrected chi connectivity index (χ0v) is 26.3. The molecule has 0 saturated carbocycles. The van der Waals surface area contributed by atoms with Crippen molar-refractivity contribution < 1.29 is 28.8 Å². The summed E-state index contributed by atoms with van der Waals surface area (Å²) in [6.45, 7) is 5.41. The van der Waals surface area contributed by atoms with Crippen LogP contribution in [0, 0.1) is 5.92 Å². The predicted octanol–water partition coefficient (Wildman–Crippen LogP) is 2.61. The molecule has 0 radical (unpaired) electrons. The second kappa shape index (κ2) is 21.7. The van der Waals surface area contributed by atoms with Crippen LogP contribution in [0.1, 0.15) is 118 Å². The molecule has 2 fully saturated rings. The van der Waals surface area contributed by atoms with Gasteiger partial charge in [-0.1, -0.05) is 19.8 Å². The highest BCUT2D eigenvalue weighted by Gasteiger charge is 2.21. The van der Waals surface area contributed by atoms with Crippen LogP contribution in [-0.4, -0.2) is 71.4 Å². The molecule has 1 unspecified atom stereocenters. The van der Waals surface area contributed by atoms with Gasteiger partial charge in [-0.3, -0.25) is 28.8 Å². The first kappa shape index (κ1) is 38.1. The number of carbonyl (C=O) groups excluding carboxylic acids is 6. The van der Waals surface area contributed by atoms with Crippen LogP contribution in [0.25, 0.3) is 0 Å². The largest absolute Gasteiger partial charge is 0.370 e. The van der Waals surface area contributed by atoms with E-state index in [-0.39, 0.29) is 35.5 Å². The summed E-state index contributed by atoms with van der Waals surface area (Å²) in [6.07, 6.45) is 11.9. The Labute approximate surface area is 261 Å². The van der Waals surface area contributed by atoms with Crippen LogP contribution in [-0.2, 0) is 19.2 Å². The lowest BCUT2D eigenvalue weighted by Crippen LogP contribution is -2.38. The molecule has 1 aromatic rings. The van der Waals surface area contributed by atoms with E-state index in [9.17, 15) is 28.8 Å². The summed E-state index contributed by atoms with van der Waals surface area (Å²) in [5, 5.41) is 0. The molecule has 2 aliphatic rings. The number of piperidine rings is 1. The molecule has 12 heteroatoms. The molecule has 1 atom stereocenters. The topological polar surface area (TPSA) is 213 Å². The molecule has 44 heavy (non-hydrogen) atoms. The lowest BCUT2D eigenvalue weighted by atomic mass is 10.0. The summed E-state index contributed by atoms with van der Waals surface area (Å²) >= 11 is 0. The van der Waals surface area contributed by atoms with Crippen molar-refractivity contribution in [2.24, 2.45) is 28.9 Å². The van der Waals surface area contributed by atoms with Crippen LogP contribution in [0.5, 0.6) is 0 Å². The van der Waals surface area contributed by atoms with Gasteiger partial charge in [0.25, 0.3) is 5.91 Å². The summed E-state index contributed by atoms with van der Waals surface area (Å²) in [4.78, 5) is 69.9. The van der Waals surface area contributed by atoms with E-state index in [4.69, 9.17) is 22.9 Å². The molecule has 1 aromatic carbocycles. The van der Waals surface area contributed by atoms with E-state index in [1.165, 1.54) is 19.3 Å². The van der Waals surface area contributed by atoms with Crippen molar-refractivity contribution >= 4 is 35.4 Å². The van der Waals surface area contributed by atoms with Gasteiger partial charge in [-0.15, -0.1) is 0 Å². The minimum atomic E-state index is -0.469. The zero-order valence-electron chi connectivity index (χ0n) is 26.3. The molecular formula is C32H52N6O6. The second-order valence-electron chi connectivity index (χ2n) is 11.4. The Morgan fingerprint density at radius 3 is 1.41 bits per heavy atom. The van der Waals surface area contributed by atoms with Crippen LogP contribution in [0.4, 0.5) is 0 Å². The number of benzene rings is 1. The first-order valence-corrected chi connectivity index (χ1v) is 15.7. The minimum absolute atomic E-state index is 0.0254. The minimum Gasteiger partial charge on any atom is -0.370 e. The maximum absolute atomic E-state index is 12.2. The maximum atomic E-state index is 12.2. The summed E-state index contributed by atoms with van der Waals surface area (Å²) in [6, 6.07) is 6.56. The van der Waals surface area contributed by atoms with E-state index in [1.807, 2.05) is 16.7 Å². The maximum Gasteiger partial charge on any atom is 0.253 e. The molecule has 2 aliphatic heterocycles. The Bertz CT molecular complexity index is 1050. The smallest absolute Gasteiger partial charge is 0.253 e. The number of carbonyl (C=O) groups is 6. The van der Waals surface area contributed by atoms with E-state index < -0.39 is 5.91 Å². The van der Waals surface area contributed by atoms with Crippen LogP contribution in [0.15, 0.2) is 24.3 Å². The fraction of sp³-hybridized carbons (Fsp3) is 0.625. The van der Waals surface area contributed by atoms with E-state index in [0.29, 0.717) is 43.2 Å². The molecule has 0 spiro atoms. The Balaban J connectivity index is 0.000000345. The number of unbranched alkanes of at least 4 members (excludes halogenated alkanes) is 1. The van der Waals surface area contributed by atoms with Gasteiger partial charge in [0.15, 0.2) is 0 Å². The molecule has 0 aliphatic carbocycles. The van der Waals surface area contributed by atoms with Crippen LogP contribution >= 0.6 is 0 Å². The van der Waals surface area contributed by atoms with Gasteiger partial charge in [0.05, 0.1) is 0 Å². The highest BCUT2D eigenvalue weighted by molar-refractivity contribution is 5.97. The van der Waals surface area contributed by atoms with Gasteiger partial charge in [-0.25, -0.2) is 0 Å². The van der Waals surface area contributed by atoms with E-state index >= 15 is 0 Å². The number of rotatable bonds is 12. The third-order valence-electron chi connectivity index (χ3n) is 7.56. The first-order chi connectivity index (χ1) is 20.9. The van der Waals surface area contributed by atoms with Crippen molar-refractivity contribution in [3.8, 4) is 0 Å². The summed E-state index contributed by atoms with van der Waals surface area (Å²) in [5.74, 6) is -1.09. The Hall–Kier alpha value is -3.96. The van der Waals surface area contributed by atoms with Gasteiger partial charge in [0, 0.05) is 62.5 Å². The van der Waals surface area contributed by atoms with Crippen molar-refractivity contribution in [1.29, 1.82) is 0 Å². The average Bonchev–Trinajstić information content (AvgIpc) is 3.29. The second-order valence-corrected chi connectivity index (χ2v) is 11.4. The Morgan fingerprint density at radius 1 is 0.591 bits per heavy atom. The van der Waals surface area contributed by atoms with Crippen molar-refractivity contribution in [3.05, 3.63) is 35.4 Å². The number of nitrogens with zero attached hydrogens (tertiary/aromatic N) is 2. The normalized spacial score (nSPS) is 15.3. The quantitative estimate of drug-likeness (QED) is 0.259. The van der Waals surface area contributed by atoms with Crippen molar-refractivity contribution in [2.75, 3.05) is 26.2 Å². The molecule has 246 valence electrons. The van der Waals surface area contributed by atoms with Crippen LogP contribution in [0.2, 0.25) is 0 Å². The molecule has 6 amide bonds. The molecule has 2 heterocycles. The van der Waals surface area contributed by atoms with Gasteiger partial charge in [-0.2, -0.15) is 0 Å². The highest BCUT2D eigenvalue weighted by atomic mass is 16.2. The number of hydrogen-bond acceptors (Lipinski definition) is 6. The first-order valence-electron chi connectivity index (χ1n) is 15.7. The van der Waals surface area contributed by atoms with Gasteiger partial charge in [0.2, 0.25) is 29.5 Å². The van der Waals surface area contributed by atoms with Gasteiger partial charge < -0.3 is 32.7 Å². The lowest BCUT2D eigenvalue weighted by molar-refractivity contribution is -0.136. The number of primary amides is 4. The number of hydrogen-bond donors (Lipinski definition) is 4. The molecule has 0 aromatic heterocycles. The van der Waals surface area contributed by atoms with Crippen molar-refractivity contribution in [2.45, 2.75) is 96.8 Å². The lowest BCUT2D eigenvalue weighted by Gasteiger charge is -2.29. The van der Waals surface area contributed by atoms with Crippen LogP contribution in [0.3, 0.4) is 0 Å². The Morgan fingerprint density at radius 2 is 0.977 bits per heavy atom. The molecule has 8 N–H and O–H groups in total. The van der Waals surface area contributed by atoms with E-state index in [0.717, 1.165) is 64.7 Å². The Kier molecular flexibility index (Phi) is 18.8. The predicted molar refractivity (Wildman–Crippen MR) is 169 cm³/mol. The standard InChI is InChI=1S/C14H18N2O2.C12H22N2O2.C6H12N2O2/c15-13(17)11-5-7-12(8-6-11)14(18)16-9-3-1-2-4-10-16;1-10(6-5-7-11(13)15)12(16)14-8-3-2-4-9-14;7-5(9)3-1-2-4-6(8)10/h5-8H,1-4,9-10H2,(H2,15,17);10H,2-9H2,1H3,(H2,13,15);1-4H2,(H2,7,9)(H2,8,10). The van der Waals surface area contributed by atoms with E-state index in [1.54, 1.807) is 24.3 Å². The third kappa shape index (κ3) is 16.6. The van der Waals surface area contributed by atoms with Crippen LogP contribution < -0.4 is 22.9 Å². The average molecular weight is 617 g/mol. The highest BCUT2D eigenvalue weighted by Crippen LogP contribution is 2.16. The van der Waals surface area contributed by atoms with Crippen molar-refractivity contribution in [1.82, 2.24) is 9.80 Å². The number of likely N-dealkylation sites (tertiary alicyclic amines) is 2. The SMILES string of the molecule is CC(CCCC(N)=O)C(=O)N1CCCCC1.NC(=O)CCCCC(N)=O.NC(=O)c1ccc(C(=O)N2CCCCCC2)cc1. The monoisotopic (exact) mass is 616 g/mol. The zero-order chi connectivity index (χ0) is 32.9. The summed E-state index contributed by atoms with van der Waals surface area (Å²) in [5.41, 5.74) is 21.0. The van der Waals surface area contributed by atoms with Gasteiger partial charge in [-0.05, 0) is 82.1 Å². The molecule has 2 saturated heterocycles. The molecule has 0 bridgehead atoms. The molecular weight excluding hydrogens is 564 g/mol. The van der Waals surface area contributed by atoms with Crippen molar-refractivity contribution in [3.63, 3.8) is 0 Å². The molecule has 12 nitrogen and oxygen atoms in total. The van der Waals surface area contributed by atoms with Gasteiger partial charge in [0.1, 0.15) is 0 Å². The van der Waals surface area contributed by atoms with E-state index in [2.05, 4.69) is 0 Å². The molecule has 3 rings (SSSR count). The van der Waals surface area contributed by atoms with Gasteiger partial charge >= 0.3 is 0 Å². The number of nitrogens with two attached hydrogens (primary N) is 4. The summed E-state index contributed by atoms with van der Waals surface area (Å²) in [7, 11) is 0. The fourth-order valence-corrected chi connectivity index (χ4v) is 4.96.